The predicted molar refractivity (Wildman–Crippen MR) is 62.5 cm³/mol. The van der Waals surface area contributed by atoms with Crippen molar-refractivity contribution in [2.75, 3.05) is 5.32 Å². The van der Waals surface area contributed by atoms with E-state index in [2.05, 4.69) is 15.3 Å². The number of hydrogen-bond acceptors (Lipinski definition) is 5. The van der Waals surface area contributed by atoms with Gasteiger partial charge in [0.25, 0.3) is 0 Å². The van der Waals surface area contributed by atoms with E-state index in [1.54, 1.807) is 18.5 Å². The first-order valence-electron chi connectivity index (χ1n) is 4.99. The summed E-state index contributed by atoms with van der Waals surface area (Å²) < 4.78 is 0. The first-order chi connectivity index (χ1) is 8.25. The van der Waals surface area contributed by atoms with Gasteiger partial charge < -0.3 is 15.4 Å². The molecule has 6 heteroatoms. The molecule has 0 saturated heterocycles. The summed E-state index contributed by atoms with van der Waals surface area (Å²) in [5.41, 5.74) is 1.77. The standard InChI is InChI=1S/C11H10N4O2/c16-15(17)11-4-3-10(8-14-11)13-7-9-2-1-5-12-6-9/h1-6,8,13H,7H2. The zero-order chi connectivity index (χ0) is 12.1. The minimum Gasteiger partial charge on any atom is -0.378 e. The van der Waals surface area contributed by atoms with Gasteiger partial charge in [0.2, 0.25) is 0 Å². The Labute approximate surface area is 97.5 Å². The van der Waals surface area contributed by atoms with E-state index in [1.165, 1.54) is 12.3 Å². The van der Waals surface area contributed by atoms with E-state index in [0.717, 1.165) is 11.3 Å². The number of anilines is 1. The highest BCUT2D eigenvalue weighted by molar-refractivity contribution is 5.43. The third-order valence-corrected chi connectivity index (χ3v) is 2.15. The second-order valence-corrected chi connectivity index (χ2v) is 3.38. The van der Waals surface area contributed by atoms with Gasteiger partial charge in [-0.25, -0.2) is 0 Å². The average molecular weight is 230 g/mol. The average Bonchev–Trinajstić information content (AvgIpc) is 2.38. The van der Waals surface area contributed by atoms with Crippen LogP contribution in [0.1, 0.15) is 5.56 Å². The fourth-order valence-electron chi connectivity index (χ4n) is 1.31. The quantitative estimate of drug-likeness (QED) is 0.641. The minimum absolute atomic E-state index is 0.156. The number of nitrogens with zero attached hydrogens (tertiary/aromatic N) is 3. The van der Waals surface area contributed by atoms with Gasteiger partial charge in [0, 0.05) is 25.0 Å². The van der Waals surface area contributed by atoms with Crippen molar-refractivity contribution in [2.45, 2.75) is 6.54 Å². The summed E-state index contributed by atoms with van der Waals surface area (Å²) in [6.45, 7) is 0.604. The van der Waals surface area contributed by atoms with Crippen molar-refractivity contribution in [1.29, 1.82) is 0 Å². The molecular weight excluding hydrogens is 220 g/mol. The highest BCUT2D eigenvalue weighted by Crippen LogP contribution is 2.12. The number of nitro groups is 1. The van der Waals surface area contributed by atoms with Gasteiger partial charge >= 0.3 is 5.82 Å². The molecule has 0 spiro atoms. The molecule has 6 nitrogen and oxygen atoms in total. The second kappa shape index (κ2) is 5.02. The molecule has 1 N–H and O–H groups in total. The normalized spacial score (nSPS) is 9.88. The first-order valence-corrected chi connectivity index (χ1v) is 4.99. The first kappa shape index (κ1) is 11.0. The fourth-order valence-corrected chi connectivity index (χ4v) is 1.31. The van der Waals surface area contributed by atoms with Crippen molar-refractivity contribution < 1.29 is 4.92 Å². The molecule has 86 valence electrons. The highest BCUT2D eigenvalue weighted by atomic mass is 16.6. The summed E-state index contributed by atoms with van der Waals surface area (Å²) >= 11 is 0. The van der Waals surface area contributed by atoms with Crippen LogP contribution in [0.2, 0.25) is 0 Å². The van der Waals surface area contributed by atoms with Gasteiger partial charge in [-0.3, -0.25) is 4.98 Å². The molecule has 0 atom stereocenters. The zero-order valence-electron chi connectivity index (χ0n) is 8.91. The maximum absolute atomic E-state index is 10.4. The molecule has 0 aliphatic rings. The molecule has 0 saturated carbocycles. The van der Waals surface area contributed by atoms with E-state index < -0.39 is 4.92 Å². The van der Waals surface area contributed by atoms with Crippen molar-refractivity contribution in [3.8, 4) is 0 Å². The zero-order valence-corrected chi connectivity index (χ0v) is 8.91. The Morgan fingerprint density at radius 2 is 2.18 bits per heavy atom. The van der Waals surface area contributed by atoms with Crippen LogP contribution < -0.4 is 5.32 Å². The number of nitrogens with one attached hydrogen (secondary N) is 1. The smallest absolute Gasteiger partial charge is 0.363 e. The van der Waals surface area contributed by atoms with E-state index in [9.17, 15) is 10.1 Å². The maximum Gasteiger partial charge on any atom is 0.363 e. The largest absolute Gasteiger partial charge is 0.378 e. The molecule has 0 bridgehead atoms. The Bertz CT molecular complexity index is 499. The molecule has 0 amide bonds. The number of hydrogen-bond donors (Lipinski definition) is 1. The summed E-state index contributed by atoms with van der Waals surface area (Å²) in [6, 6.07) is 6.79. The van der Waals surface area contributed by atoms with Gasteiger partial charge in [-0.1, -0.05) is 6.07 Å². The lowest BCUT2D eigenvalue weighted by Gasteiger charge is -2.03. The summed E-state index contributed by atoms with van der Waals surface area (Å²) in [7, 11) is 0. The molecule has 2 heterocycles. The van der Waals surface area contributed by atoms with Crippen LogP contribution in [-0.2, 0) is 6.54 Å². The van der Waals surface area contributed by atoms with Crippen LogP contribution >= 0.6 is 0 Å². The third kappa shape index (κ3) is 2.97. The Balaban J connectivity index is 1.98. The van der Waals surface area contributed by atoms with E-state index in [0.29, 0.717) is 6.54 Å². The van der Waals surface area contributed by atoms with Crippen LogP contribution in [0.5, 0.6) is 0 Å². The van der Waals surface area contributed by atoms with Crippen molar-refractivity contribution in [3.05, 3.63) is 58.5 Å². The number of aromatic nitrogens is 2. The third-order valence-electron chi connectivity index (χ3n) is 2.15. The van der Waals surface area contributed by atoms with Gasteiger partial charge in [-0.05, 0) is 27.6 Å². The molecule has 17 heavy (non-hydrogen) atoms. The lowest BCUT2D eigenvalue weighted by atomic mass is 10.3. The Kier molecular flexibility index (Phi) is 3.25. The lowest BCUT2D eigenvalue weighted by molar-refractivity contribution is -0.389. The lowest BCUT2D eigenvalue weighted by Crippen LogP contribution is -2.00. The molecule has 0 aromatic carbocycles. The van der Waals surface area contributed by atoms with E-state index >= 15 is 0 Å². The van der Waals surface area contributed by atoms with Crippen molar-refractivity contribution >= 4 is 11.5 Å². The van der Waals surface area contributed by atoms with E-state index in [-0.39, 0.29) is 5.82 Å². The molecule has 0 aliphatic carbocycles. The van der Waals surface area contributed by atoms with Crippen LogP contribution in [0, 0.1) is 10.1 Å². The molecule has 0 aliphatic heterocycles. The van der Waals surface area contributed by atoms with Gasteiger partial charge in [0.15, 0.2) is 6.20 Å². The Hall–Kier alpha value is -2.50. The van der Waals surface area contributed by atoms with Crippen LogP contribution in [0.15, 0.2) is 42.9 Å². The van der Waals surface area contributed by atoms with Crippen LogP contribution in [0.4, 0.5) is 11.5 Å². The van der Waals surface area contributed by atoms with Gasteiger partial charge in [0.1, 0.15) is 0 Å². The molecule has 2 aromatic rings. The van der Waals surface area contributed by atoms with Crippen LogP contribution in [-0.4, -0.2) is 14.9 Å². The predicted octanol–water partition coefficient (Wildman–Crippen LogP) is 2.00. The summed E-state index contributed by atoms with van der Waals surface area (Å²) in [4.78, 5) is 17.6. The molecular formula is C11H10N4O2. The fraction of sp³-hybridized carbons (Fsp3) is 0.0909. The monoisotopic (exact) mass is 230 g/mol. The van der Waals surface area contributed by atoms with Crippen LogP contribution in [0.25, 0.3) is 0 Å². The summed E-state index contributed by atoms with van der Waals surface area (Å²) in [5, 5.41) is 13.5. The molecule has 2 rings (SSSR count). The van der Waals surface area contributed by atoms with Crippen molar-refractivity contribution in [2.24, 2.45) is 0 Å². The van der Waals surface area contributed by atoms with Gasteiger partial charge in [-0.15, -0.1) is 0 Å². The molecule has 0 radical (unpaired) electrons. The van der Waals surface area contributed by atoms with Gasteiger partial charge in [-0.2, -0.15) is 0 Å². The Morgan fingerprint density at radius 3 is 2.76 bits per heavy atom. The molecule has 0 unspecified atom stereocenters. The van der Waals surface area contributed by atoms with Crippen LogP contribution in [0.3, 0.4) is 0 Å². The van der Waals surface area contributed by atoms with Gasteiger partial charge in [0.05, 0.1) is 5.69 Å². The number of rotatable bonds is 4. The Morgan fingerprint density at radius 1 is 1.29 bits per heavy atom. The molecule has 2 aromatic heterocycles. The van der Waals surface area contributed by atoms with Crippen molar-refractivity contribution in [3.63, 3.8) is 0 Å². The van der Waals surface area contributed by atoms with Crippen molar-refractivity contribution in [1.82, 2.24) is 9.97 Å². The molecule has 0 fully saturated rings. The maximum atomic E-state index is 10.4. The number of pyridine rings is 2. The minimum atomic E-state index is -0.523. The highest BCUT2D eigenvalue weighted by Gasteiger charge is 2.05. The topological polar surface area (TPSA) is 81.0 Å². The SMILES string of the molecule is O=[N+]([O-])c1ccc(NCc2cccnc2)cn1. The van der Waals surface area contributed by atoms with E-state index in [4.69, 9.17) is 0 Å². The summed E-state index contributed by atoms with van der Waals surface area (Å²) in [6.07, 6.45) is 4.90. The second-order valence-electron chi connectivity index (χ2n) is 3.38. The summed E-state index contributed by atoms with van der Waals surface area (Å²) in [5.74, 6) is -0.156. The van der Waals surface area contributed by atoms with E-state index in [1.807, 2.05) is 12.1 Å².